The summed E-state index contributed by atoms with van der Waals surface area (Å²) in [5.41, 5.74) is 25.1. The van der Waals surface area contributed by atoms with E-state index in [2.05, 4.69) is 46.4 Å². The predicted molar refractivity (Wildman–Crippen MR) is 347 cm³/mol. The van der Waals surface area contributed by atoms with Crippen LogP contribution in [0, 0.1) is 32.6 Å². The van der Waals surface area contributed by atoms with Crippen molar-refractivity contribution in [3.63, 3.8) is 0 Å². The van der Waals surface area contributed by atoms with Crippen LogP contribution in [0.1, 0.15) is 130 Å². The fraction of sp³-hybridized carbons (Fsp3) is 0.375. The molecule has 11 heterocycles. The van der Waals surface area contributed by atoms with E-state index in [0.29, 0.717) is 112 Å². The third-order valence-corrected chi connectivity index (χ3v) is 16.8. The molecule has 8 aromatic rings. The van der Waals surface area contributed by atoms with Gasteiger partial charge in [0, 0.05) is 32.4 Å². The van der Waals surface area contributed by atoms with Crippen molar-refractivity contribution in [2.45, 2.75) is 117 Å². The third-order valence-electron chi connectivity index (χ3n) is 16.8. The van der Waals surface area contributed by atoms with Gasteiger partial charge in [-0.25, -0.2) is 34.7 Å². The van der Waals surface area contributed by atoms with Gasteiger partial charge >= 0.3 is 41.5 Å². The minimum absolute atomic E-state index is 0.0256. The highest BCUT2D eigenvalue weighted by Crippen LogP contribution is 2.39. The number of pyridine rings is 6. The Kier molecular flexibility index (Phi) is 18.1. The Morgan fingerprint density at radius 1 is 0.613 bits per heavy atom. The molecule has 0 unspecified atom stereocenters. The molecule has 3 fully saturated rings. The van der Waals surface area contributed by atoms with E-state index in [-0.39, 0.29) is 54.5 Å². The van der Waals surface area contributed by atoms with Crippen LogP contribution in [0.25, 0.3) is 22.1 Å². The number of nitrogens with two attached hydrogens (primary N) is 3. The molecule has 8 aromatic heterocycles. The Bertz CT molecular complexity index is 4270. The number of aromatic amines is 1. The van der Waals surface area contributed by atoms with Crippen LogP contribution in [0.4, 0.5) is 45.0 Å². The van der Waals surface area contributed by atoms with Gasteiger partial charge in [-0.2, -0.15) is 10.2 Å². The number of hydrogen-bond donors (Lipinski definition) is 8. The van der Waals surface area contributed by atoms with Crippen LogP contribution in [0.2, 0.25) is 0 Å². The van der Waals surface area contributed by atoms with Crippen molar-refractivity contribution in [1.29, 1.82) is 0 Å². The van der Waals surface area contributed by atoms with Crippen molar-refractivity contribution in [2.24, 2.45) is 16.8 Å². The summed E-state index contributed by atoms with van der Waals surface area (Å²) >= 11 is 0. The molecule has 0 aromatic carbocycles. The first-order valence-electron chi connectivity index (χ1n) is 30.6. The average molecular weight is 1260 g/mol. The number of aryl methyl sites for hydroxylation is 3. The van der Waals surface area contributed by atoms with Crippen LogP contribution in [-0.2, 0) is 33.5 Å². The molecule has 0 radical (unpaired) electrons. The molecule has 3 saturated heterocycles. The van der Waals surface area contributed by atoms with Gasteiger partial charge in [-0.3, -0.25) is 48.9 Å². The molecule has 6 atom stereocenters. The molecule has 11 N–H and O–H groups in total. The normalized spacial score (nSPS) is 19.3. The predicted octanol–water partition coefficient (Wildman–Crippen LogP) is 6.82. The van der Waals surface area contributed by atoms with Gasteiger partial charge < -0.3 is 52.6 Å². The fourth-order valence-corrected chi connectivity index (χ4v) is 12.1. The van der Waals surface area contributed by atoms with Crippen LogP contribution in [-0.4, -0.2) is 144 Å². The summed E-state index contributed by atoms with van der Waals surface area (Å²) < 4.78 is 7.12. The maximum absolute atomic E-state index is 14.7. The number of nitrogens with zero attached hydrogens (tertiary/aromatic N) is 13. The van der Waals surface area contributed by atoms with E-state index in [9.17, 15) is 33.6 Å². The van der Waals surface area contributed by atoms with Crippen molar-refractivity contribution < 1.29 is 38.3 Å². The second-order valence-corrected chi connectivity index (χ2v) is 25.0. The number of carbonyl (C=O) groups is 7. The smallest absolute Gasteiger partial charge is 0.413 e. The van der Waals surface area contributed by atoms with Crippen molar-refractivity contribution >= 4 is 110 Å². The Hall–Kier alpha value is -11.0. The van der Waals surface area contributed by atoms with Crippen molar-refractivity contribution in [3.05, 3.63) is 125 Å². The Balaban J connectivity index is 0.804. The lowest BCUT2D eigenvalue weighted by atomic mass is 9.90. The Morgan fingerprint density at radius 3 is 1.76 bits per heavy atom. The monoisotopic (exact) mass is 1260 g/mol. The number of fused-ring (bicyclic) bond motifs is 2. The number of H-pyrrole nitrogens is 1. The van der Waals surface area contributed by atoms with E-state index in [1.54, 1.807) is 100 Å². The number of rotatable bonds is 11. The molecular formula is C64H73N21O8. The second kappa shape index (κ2) is 26.4. The minimum atomic E-state index is -0.915. The van der Waals surface area contributed by atoms with E-state index in [1.165, 1.54) is 28.4 Å². The largest absolute Gasteiger partial charge is 0.444 e. The van der Waals surface area contributed by atoms with Crippen LogP contribution >= 0.6 is 0 Å². The number of piperidine rings is 3. The molecule has 29 nitrogen and oxygen atoms in total. The number of nitrogens with one attached hydrogen (secondary N) is 5. The number of likely N-dealkylation sites (tertiary alicyclic amines) is 3. The summed E-state index contributed by atoms with van der Waals surface area (Å²) in [5, 5.41) is 22.4. The summed E-state index contributed by atoms with van der Waals surface area (Å²) in [6.07, 6.45) is 11.5. The standard InChI is InChI=1S/C64H73N21O8/c1-33-8-16-50(82(30-33)60(89)57(86)76-40-22-36(4)56(71-26-40)80-63(92)93-64(5,6)7)46-15-19-53-49(79-46)29-73-85(53)41-10-18-52(84(32-41)62(91)59(88)75-39-21-35(3)55(67)70-25-39)44-12-11-42(65)47(77-44)27-68-23-37-9-17-51(45-14-13-43-48(78-45)28-72-81-43)83(31-37)61(90)58(87)74-38-20-34(2)54(66)69-24-38/h11-15,19-22,24-29,33,37,41,50-52H,8-10,16-18,23,30-32,65H2,1-7H3,(H2,66,69)(H2,67,70)(H,72,81)(H,74,87)(H,75,88)(H,76,86)(H,71,80,92)/b68-27-/t33-,37+,41-,50+,51+,52+/m1/s1. The zero-order chi connectivity index (χ0) is 66.0. The van der Waals surface area contributed by atoms with Gasteiger partial charge in [0.2, 0.25) is 0 Å². The van der Waals surface area contributed by atoms with Crippen LogP contribution in [0.15, 0.2) is 90.6 Å². The molecule has 0 saturated carbocycles. The van der Waals surface area contributed by atoms with E-state index in [0.717, 1.165) is 11.9 Å². The molecular weight excluding hydrogens is 1190 g/mol. The summed E-state index contributed by atoms with van der Waals surface area (Å²) in [6, 6.07) is 13.4. The summed E-state index contributed by atoms with van der Waals surface area (Å²) in [4.78, 5) is 133. The highest BCUT2D eigenvalue weighted by atomic mass is 16.6. The van der Waals surface area contributed by atoms with E-state index >= 15 is 0 Å². The highest BCUT2D eigenvalue weighted by molar-refractivity contribution is 6.40. The molecule has 29 heteroatoms. The zero-order valence-corrected chi connectivity index (χ0v) is 52.5. The van der Waals surface area contributed by atoms with E-state index < -0.39 is 71.3 Å². The van der Waals surface area contributed by atoms with E-state index in [4.69, 9.17) is 47.0 Å². The van der Waals surface area contributed by atoms with Crippen LogP contribution in [0.3, 0.4) is 0 Å². The number of amides is 7. The first kappa shape index (κ1) is 63.6. The summed E-state index contributed by atoms with van der Waals surface area (Å²) in [7, 11) is 0. The van der Waals surface area contributed by atoms with Gasteiger partial charge in [-0.15, -0.1) is 0 Å². The highest BCUT2D eigenvalue weighted by Gasteiger charge is 2.40. The minimum Gasteiger partial charge on any atom is -0.444 e. The third kappa shape index (κ3) is 14.3. The SMILES string of the molecule is Cc1cc(NC(=O)C(=O)N2C[C@H](n3ncc4nc([C@@H]5CC[C@@H](C)CN5C(=O)C(=O)Nc5cnc(NC(=O)OC(C)(C)C)c(C)c5)ccc43)CC[C@H]2c2ccc(N)c(/C=N\C[C@@H]3CC[C@@H](c4ccc5[nH]ncc5n4)N(C(=O)C(=O)Nc4cnc(N)c(C)c4)C3)n2)cnc1N. The van der Waals surface area contributed by atoms with Gasteiger partial charge in [0.15, 0.2) is 0 Å². The number of ether oxygens (including phenoxy) is 1. The lowest BCUT2D eigenvalue weighted by Crippen LogP contribution is -2.47. The van der Waals surface area contributed by atoms with Gasteiger partial charge in [0.1, 0.15) is 39.8 Å². The molecule has 0 bridgehead atoms. The van der Waals surface area contributed by atoms with Gasteiger partial charge in [-0.1, -0.05) is 6.92 Å². The van der Waals surface area contributed by atoms with Crippen molar-refractivity contribution in [3.8, 4) is 0 Å². The maximum Gasteiger partial charge on any atom is 0.413 e. The molecule has 3 aliphatic heterocycles. The van der Waals surface area contributed by atoms with Gasteiger partial charge in [-0.05, 0) is 163 Å². The number of hydrogen-bond acceptors (Lipinski definition) is 20. The lowest BCUT2D eigenvalue weighted by Gasteiger charge is -2.39. The first-order valence-corrected chi connectivity index (χ1v) is 30.6. The number of anilines is 7. The summed E-state index contributed by atoms with van der Waals surface area (Å²) in [5.74, 6) is -4.24. The number of aliphatic imine (C=N–C) groups is 1. The molecule has 482 valence electrons. The summed E-state index contributed by atoms with van der Waals surface area (Å²) in [6.45, 7) is 13.2. The van der Waals surface area contributed by atoms with Crippen molar-refractivity contribution in [1.82, 2.24) is 64.6 Å². The molecule has 11 rings (SSSR count). The molecule has 93 heavy (non-hydrogen) atoms. The van der Waals surface area contributed by atoms with Crippen LogP contribution in [0.5, 0.6) is 0 Å². The quantitative estimate of drug-likeness (QED) is 0.0486. The molecule has 0 aliphatic carbocycles. The van der Waals surface area contributed by atoms with Crippen LogP contribution < -0.4 is 38.5 Å². The first-order chi connectivity index (χ1) is 44.4. The molecule has 3 aliphatic rings. The van der Waals surface area contributed by atoms with Gasteiger partial charge in [0.05, 0.1) is 106 Å². The number of nitrogen functional groups attached to an aromatic ring is 3. The second-order valence-electron chi connectivity index (χ2n) is 25.0. The molecule has 0 spiro atoms. The van der Waals surface area contributed by atoms with Crippen molar-refractivity contribution in [2.75, 3.05) is 64.6 Å². The lowest BCUT2D eigenvalue weighted by molar-refractivity contribution is -0.146. The average Bonchev–Trinajstić information content (AvgIpc) is 1.76. The fourth-order valence-electron chi connectivity index (χ4n) is 12.1. The Labute approximate surface area is 534 Å². The maximum atomic E-state index is 14.7. The topological polar surface area (TPSA) is 401 Å². The molecule has 7 amide bonds. The zero-order valence-electron chi connectivity index (χ0n) is 52.5. The number of aromatic nitrogens is 10. The number of carbonyl (C=O) groups excluding carboxylic acids is 7. The van der Waals surface area contributed by atoms with Gasteiger partial charge in [0.25, 0.3) is 0 Å². The van der Waals surface area contributed by atoms with E-state index in [1.807, 2.05) is 31.2 Å². The Morgan fingerprint density at radius 2 is 1.15 bits per heavy atom.